The lowest BCUT2D eigenvalue weighted by Gasteiger charge is -2.10. The average Bonchev–Trinajstić information content (AvgIpc) is 2.35. The van der Waals surface area contributed by atoms with Gasteiger partial charge in [0.05, 0.1) is 20.8 Å². The molecule has 1 heterocycles. The Morgan fingerprint density at radius 1 is 1.10 bits per heavy atom. The fraction of sp³-hybridized carbons (Fsp3) is 0. The predicted molar refractivity (Wildman–Crippen MR) is 78.2 cm³/mol. The maximum Gasteiger partial charge on any atom is 0.264 e. The van der Waals surface area contributed by atoms with E-state index in [9.17, 15) is 13.5 Å². The quantitative estimate of drug-likeness (QED) is 0.827. The van der Waals surface area contributed by atoms with Gasteiger partial charge in [-0.1, -0.05) is 34.8 Å². The molecule has 0 spiro atoms. The highest BCUT2D eigenvalue weighted by molar-refractivity contribution is 7.92. The number of nitrogens with one attached hydrogen (secondary N) is 1. The number of pyridine rings is 1. The van der Waals surface area contributed by atoms with Gasteiger partial charge in [0.1, 0.15) is 4.90 Å². The van der Waals surface area contributed by atoms with Crippen molar-refractivity contribution >= 4 is 50.5 Å². The summed E-state index contributed by atoms with van der Waals surface area (Å²) in [6.45, 7) is 0. The molecule has 0 bridgehead atoms. The average molecular weight is 354 g/mol. The summed E-state index contributed by atoms with van der Waals surface area (Å²) in [5.41, 5.74) is 0.0951. The number of hydrogen-bond donors (Lipinski definition) is 2. The molecule has 0 atom stereocenters. The van der Waals surface area contributed by atoms with Gasteiger partial charge in [-0.3, -0.25) is 9.71 Å². The van der Waals surface area contributed by atoms with Gasteiger partial charge in [0.2, 0.25) is 0 Å². The van der Waals surface area contributed by atoms with Crippen LogP contribution in [0.3, 0.4) is 0 Å². The fourth-order valence-corrected chi connectivity index (χ4v) is 3.35. The number of anilines is 1. The van der Waals surface area contributed by atoms with Crippen LogP contribution in [-0.4, -0.2) is 18.5 Å². The van der Waals surface area contributed by atoms with Crippen LogP contribution >= 0.6 is 34.8 Å². The minimum absolute atomic E-state index is 0.0310. The summed E-state index contributed by atoms with van der Waals surface area (Å²) in [6.07, 6.45) is 2.49. The van der Waals surface area contributed by atoms with Gasteiger partial charge in [0.25, 0.3) is 10.0 Å². The molecule has 20 heavy (non-hydrogen) atoms. The maximum absolute atomic E-state index is 12.1. The molecule has 0 fully saturated rings. The van der Waals surface area contributed by atoms with Crippen molar-refractivity contribution in [2.24, 2.45) is 0 Å². The van der Waals surface area contributed by atoms with E-state index in [1.807, 2.05) is 0 Å². The zero-order valence-electron chi connectivity index (χ0n) is 9.64. The van der Waals surface area contributed by atoms with Crippen molar-refractivity contribution in [2.45, 2.75) is 4.90 Å². The van der Waals surface area contributed by atoms with E-state index in [4.69, 9.17) is 34.8 Å². The van der Waals surface area contributed by atoms with Crippen LogP contribution in [0, 0.1) is 0 Å². The number of rotatable bonds is 3. The van der Waals surface area contributed by atoms with Crippen LogP contribution in [0.1, 0.15) is 0 Å². The third-order valence-electron chi connectivity index (χ3n) is 2.29. The minimum atomic E-state index is -3.93. The van der Waals surface area contributed by atoms with E-state index in [1.54, 1.807) is 0 Å². The van der Waals surface area contributed by atoms with Crippen LogP contribution in [0.4, 0.5) is 5.69 Å². The SMILES string of the molecule is O=S(=O)(Nc1cc(Cl)c(O)c(Cl)c1)c1cnccc1Cl. The summed E-state index contributed by atoms with van der Waals surface area (Å²) in [7, 11) is -3.93. The lowest BCUT2D eigenvalue weighted by Crippen LogP contribution is -2.13. The predicted octanol–water partition coefficient (Wildman–Crippen LogP) is 3.55. The Kier molecular flexibility index (Phi) is 4.29. The van der Waals surface area contributed by atoms with E-state index in [-0.39, 0.29) is 31.4 Å². The smallest absolute Gasteiger partial charge is 0.264 e. The van der Waals surface area contributed by atoms with Gasteiger partial charge in [-0.05, 0) is 18.2 Å². The summed E-state index contributed by atoms with van der Waals surface area (Å²) in [6, 6.07) is 3.81. The van der Waals surface area contributed by atoms with E-state index < -0.39 is 10.0 Å². The van der Waals surface area contributed by atoms with E-state index in [2.05, 4.69) is 9.71 Å². The summed E-state index contributed by atoms with van der Waals surface area (Å²) in [4.78, 5) is 3.53. The molecule has 0 saturated carbocycles. The normalized spacial score (nSPS) is 11.3. The molecule has 106 valence electrons. The molecule has 0 unspecified atom stereocenters. The van der Waals surface area contributed by atoms with E-state index in [0.29, 0.717) is 0 Å². The van der Waals surface area contributed by atoms with Gasteiger partial charge in [0.15, 0.2) is 5.75 Å². The lowest BCUT2D eigenvalue weighted by molar-refractivity contribution is 0.476. The number of phenolic OH excluding ortho intramolecular Hbond substituents is 1. The van der Waals surface area contributed by atoms with Crippen LogP contribution in [0.15, 0.2) is 35.5 Å². The molecule has 0 saturated heterocycles. The third-order valence-corrected chi connectivity index (χ3v) is 4.72. The molecule has 0 aliphatic heterocycles. The Bertz CT molecular complexity index is 742. The molecular formula is C11H7Cl3N2O3S. The Morgan fingerprint density at radius 3 is 2.25 bits per heavy atom. The van der Waals surface area contributed by atoms with Crippen LogP contribution < -0.4 is 4.72 Å². The highest BCUT2D eigenvalue weighted by atomic mass is 35.5. The largest absolute Gasteiger partial charge is 0.505 e. The van der Waals surface area contributed by atoms with Crippen LogP contribution in [0.5, 0.6) is 5.75 Å². The minimum Gasteiger partial charge on any atom is -0.505 e. The Hall–Kier alpha value is -1.21. The van der Waals surface area contributed by atoms with Crippen molar-refractivity contribution in [3.05, 3.63) is 45.7 Å². The van der Waals surface area contributed by atoms with Crippen molar-refractivity contribution in [2.75, 3.05) is 4.72 Å². The summed E-state index contributed by atoms with van der Waals surface area (Å²) in [5, 5.41) is 9.30. The van der Waals surface area contributed by atoms with Crippen molar-refractivity contribution < 1.29 is 13.5 Å². The fourth-order valence-electron chi connectivity index (χ4n) is 1.40. The topological polar surface area (TPSA) is 79.3 Å². The van der Waals surface area contributed by atoms with Crippen molar-refractivity contribution in [3.8, 4) is 5.75 Å². The molecule has 0 amide bonds. The van der Waals surface area contributed by atoms with Crippen LogP contribution in [0.2, 0.25) is 15.1 Å². The van der Waals surface area contributed by atoms with Gasteiger partial charge in [-0.25, -0.2) is 8.42 Å². The first-order valence-corrected chi connectivity index (χ1v) is 7.73. The van der Waals surface area contributed by atoms with Gasteiger partial charge in [-0.2, -0.15) is 0 Å². The highest BCUT2D eigenvalue weighted by Gasteiger charge is 2.19. The molecule has 9 heteroatoms. The zero-order chi connectivity index (χ0) is 14.9. The molecular weight excluding hydrogens is 347 g/mol. The Morgan fingerprint density at radius 2 is 1.70 bits per heavy atom. The van der Waals surface area contributed by atoms with E-state index >= 15 is 0 Å². The number of hydrogen-bond acceptors (Lipinski definition) is 4. The third kappa shape index (κ3) is 3.09. The number of aromatic nitrogens is 1. The van der Waals surface area contributed by atoms with Crippen molar-refractivity contribution in [1.82, 2.24) is 4.98 Å². The summed E-state index contributed by atoms with van der Waals surface area (Å²) >= 11 is 17.2. The first-order valence-electron chi connectivity index (χ1n) is 5.11. The molecule has 2 rings (SSSR count). The second kappa shape index (κ2) is 5.65. The molecule has 0 aliphatic carbocycles. The molecule has 0 aliphatic rings. The first kappa shape index (κ1) is 15.2. The number of phenols is 1. The van der Waals surface area contributed by atoms with E-state index in [0.717, 1.165) is 6.20 Å². The molecule has 0 radical (unpaired) electrons. The Balaban J connectivity index is 2.42. The van der Waals surface area contributed by atoms with Crippen molar-refractivity contribution in [1.29, 1.82) is 0 Å². The van der Waals surface area contributed by atoms with Crippen LogP contribution in [0.25, 0.3) is 0 Å². The van der Waals surface area contributed by atoms with Crippen molar-refractivity contribution in [3.63, 3.8) is 0 Å². The summed E-state index contributed by atoms with van der Waals surface area (Å²) in [5.74, 6) is -0.323. The molecule has 5 nitrogen and oxygen atoms in total. The monoisotopic (exact) mass is 352 g/mol. The number of sulfonamides is 1. The van der Waals surface area contributed by atoms with Gasteiger partial charge in [0, 0.05) is 12.4 Å². The standard InChI is InChI=1S/C11H7Cl3N2O3S/c12-7-1-2-15-5-10(7)20(18,19)16-6-3-8(13)11(17)9(14)4-6/h1-5,16-17H. The van der Waals surface area contributed by atoms with Gasteiger partial charge >= 0.3 is 0 Å². The number of benzene rings is 1. The van der Waals surface area contributed by atoms with E-state index in [1.165, 1.54) is 24.4 Å². The summed E-state index contributed by atoms with van der Waals surface area (Å²) < 4.78 is 26.5. The molecule has 2 aromatic rings. The van der Waals surface area contributed by atoms with Gasteiger partial charge < -0.3 is 5.11 Å². The zero-order valence-corrected chi connectivity index (χ0v) is 12.7. The first-order chi connectivity index (χ1) is 9.31. The second-order valence-corrected chi connectivity index (χ2v) is 6.57. The lowest BCUT2D eigenvalue weighted by atomic mass is 10.3. The van der Waals surface area contributed by atoms with Gasteiger partial charge in [-0.15, -0.1) is 0 Å². The maximum atomic E-state index is 12.1. The highest BCUT2D eigenvalue weighted by Crippen LogP contribution is 2.35. The Labute approximate surface area is 130 Å². The molecule has 1 aromatic heterocycles. The second-order valence-electron chi connectivity index (χ2n) is 3.70. The molecule has 1 aromatic carbocycles. The number of nitrogens with zero attached hydrogens (tertiary/aromatic N) is 1. The number of aromatic hydroxyl groups is 1. The number of halogens is 3. The molecule has 2 N–H and O–H groups in total. The van der Waals surface area contributed by atoms with Crippen LogP contribution in [-0.2, 0) is 10.0 Å².